The molecular weight excluding hydrogens is 250 g/mol. The van der Waals surface area contributed by atoms with E-state index in [0.29, 0.717) is 5.92 Å². The summed E-state index contributed by atoms with van der Waals surface area (Å²) in [7, 11) is 4.09. The molecule has 0 bridgehead atoms. The molecule has 1 unspecified atom stereocenters. The highest BCUT2D eigenvalue weighted by Gasteiger charge is 2.22. The molecule has 20 heavy (non-hydrogen) atoms. The lowest BCUT2D eigenvalue weighted by Crippen LogP contribution is -2.25. The lowest BCUT2D eigenvalue weighted by Gasteiger charge is -2.22. The summed E-state index contributed by atoms with van der Waals surface area (Å²) in [5, 5.41) is 8.71. The molecule has 0 saturated heterocycles. The minimum Gasteiger partial charge on any atom is -0.378 e. The summed E-state index contributed by atoms with van der Waals surface area (Å²) in [6, 6.07) is 8.45. The second-order valence-corrected chi connectivity index (χ2v) is 5.63. The Balaban J connectivity index is 1.90. The zero-order valence-corrected chi connectivity index (χ0v) is 12.1. The molecule has 1 aromatic heterocycles. The fourth-order valence-corrected chi connectivity index (χ4v) is 2.72. The third-order valence-corrected chi connectivity index (χ3v) is 4.03. The van der Waals surface area contributed by atoms with Gasteiger partial charge in [0.25, 0.3) is 0 Å². The van der Waals surface area contributed by atoms with Gasteiger partial charge < -0.3 is 15.2 Å². The first-order valence-corrected chi connectivity index (χ1v) is 7.09. The molecule has 5 nitrogen and oxygen atoms in total. The van der Waals surface area contributed by atoms with Gasteiger partial charge in [0.05, 0.1) is 0 Å². The minimum atomic E-state index is 0.552. The van der Waals surface area contributed by atoms with Crippen molar-refractivity contribution >= 4 is 5.69 Å². The number of rotatable bonds is 3. The van der Waals surface area contributed by atoms with E-state index in [9.17, 15) is 0 Å². The number of hydrogen-bond acceptors (Lipinski definition) is 4. The van der Waals surface area contributed by atoms with Crippen molar-refractivity contribution in [2.45, 2.75) is 19.4 Å². The van der Waals surface area contributed by atoms with Crippen molar-refractivity contribution in [1.29, 1.82) is 0 Å². The van der Waals surface area contributed by atoms with E-state index < -0.39 is 0 Å². The van der Waals surface area contributed by atoms with Gasteiger partial charge in [-0.1, -0.05) is 0 Å². The molecule has 3 rings (SSSR count). The van der Waals surface area contributed by atoms with Crippen molar-refractivity contribution < 1.29 is 0 Å². The summed E-state index contributed by atoms with van der Waals surface area (Å²) >= 11 is 0. The fourth-order valence-electron chi connectivity index (χ4n) is 2.72. The highest BCUT2D eigenvalue weighted by molar-refractivity contribution is 5.60. The number of benzene rings is 1. The molecule has 1 aromatic carbocycles. The Labute approximate surface area is 119 Å². The molecule has 2 N–H and O–H groups in total. The average Bonchev–Trinajstić information content (AvgIpc) is 2.90. The third kappa shape index (κ3) is 2.29. The van der Waals surface area contributed by atoms with Gasteiger partial charge in [0.2, 0.25) is 0 Å². The van der Waals surface area contributed by atoms with Crippen LogP contribution in [0.4, 0.5) is 5.69 Å². The van der Waals surface area contributed by atoms with Crippen LogP contribution in [0.3, 0.4) is 0 Å². The Kier molecular flexibility index (Phi) is 3.44. The standard InChI is InChI=1S/C15H21N5/c1-19(2)13-5-3-12(4-6-13)15-18-17-14-9-11(10-16)7-8-20(14)15/h3-6,11H,7-10,16H2,1-2H3. The second kappa shape index (κ2) is 5.25. The quantitative estimate of drug-likeness (QED) is 0.919. The molecule has 0 fully saturated rings. The van der Waals surface area contributed by atoms with E-state index in [0.717, 1.165) is 43.1 Å². The number of nitrogens with two attached hydrogens (primary N) is 1. The van der Waals surface area contributed by atoms with Crippen molar-refractivity contribution in [3.63, 3.8) is 0 Å². The van der Waals surface area contributed by atoms with E-state index in [-0.39, 0.29) is 0 Å². The molecule has 0 radical (unpaired) electrons. The molecule has 0 aliphatic carbocycles. The summed E-state index contributed by atoms with van der Waals surface area (Å²) in [5.41, 5.74) is 8.08. The minimum absolute atomic E-state index is 0.552. The van der Waals surface area contributed by atoms with E-state index in [2.05, 4.69) is 43.9 Å². The van der Waals surface area contributed by atoms with Crippen molar-refractivity contribution in [2.24, 2.45) is 11.7 Å². The molecule has 0 amide bonds. The van der Waals surface area contributed by atoms with Gasteiger partial charge in [0.15, 0.2) is 5.82 Å². The van der Waals surface area contributed by atoms with Crippen molar-refractivity contribution in [3.05, 3.63) is 30.1 Å². The fraction of sp³-hybridized carbons (Fsp3) is 0.467. The lowest BCUT2D eigenvalue weighted by atomic mass is 9.98. The SMILES string of the molecule is CN(C)c1ccc(-c2nnc3n2CCC(CN)C3)cc1. The van der Waals surface area contributed by atoms with Gasteiger partial charge in [-0.15, -0.1) is 10.2 Å². The first-order valence-electron chi connectivity index (χ1n) is 7.09. The maximum Gasteiger partial charge on any atom is 0.163 e. The number of nitrogens with zero attached hydrogens (tertiary/aromatic N) is 4. The molecule has 1 aliphatic rings. The van der Waals surface area contributed by atoms with Gasteiger partial charge in [0.1, 0.15) is 5.82 Å². The largest absolute Gasteiger partial charge is 0.378 e. The third-order valence-electron chi connectivity index (χ3n) is 4.03. The van der Waals surface area contributed by atoms with Crippen LogP contribution in [-0.4, -0.2) is 35.4 Å². The zero-order valence-electron chi connectivity index (χ0n) is 12.1. The van der Waals surface area contributed by atoms with Crippen LogP contribution in [0.15, 0.2) is 24.3 Å². The Morgan fingerprint density at radius 2 is 2.00 bits per heavy atom. The summed E-state index contributed by atoms with van der Waals surface area (Å²) in [6.45, 7) is 1.70. The van der Waals surface area contributed by atoms with Crippen LogP contribution in [0.1, 0.15) is 12.2 Å². The van der Waals surface area contributed by atoms with Gasteiger partial charge in [-0.25, -0.2) is 0 Å². The van der Waals surface area contributed by atoms with Crippen LogP contribution in [0.5, 0.6) is 0 Å². The number of anilines is 1. The maximum atomic E-state index is 5.76. The van der Waals surface area contributed by atoms with Gasteiger partial charge in [0, 0.05) is 38.3 Å². The van der Waals surface area contributed by atoms with Crippen LogP contribution in [0, 0.1) is 5.92 Å². The molecule has 0 saturated carbocycles. The zero-order chi connectivity index (χ0) is 14.1. The topological polar surface area (TPSA) is 60.0 Å². The number of aromatic nitrogens is 3. The van der Waals surface area contributed by atoms with Gasteiger partial charge >= 0.3 is 0 Å². The predicted octanol–water partition coefficient (Wildman–Crippen LogP) is 1.53. The number of fused-ring (bicyclic) bond motifs is 1. The van der Waals surface area contributed by atoms with Crippen LogP contribution >= 0.6 is 0 Å². The summed E-state index contributed by atoms with van der Waals surface area (Å²) in [4.78, 5) is 2.09. The molecule has 1 atom stereocenters. The molecule has 2 heterocycles. The Morgan fingerprint density at radius 3 is 2.65 bits per heavy atom. The average molecular weight is 271 g/mol. The van der Waals surface area contributed by atoms with Crippen LogP contribution in [0.2, 0.25) is 0 Å². The maximum absolute atomic E-state index is 5.76. The smallest absolute Gasteiger partial charge is 0.163 e. The Hall–Kier alpha value is -1.88. The molecule has 0 spiro atoms. The van der Waals surface area contributed by atoms with E-state index >= 15 is 0 Å². The molecule has 1 aliphatic heterocycles. The normalized spacial score (nSPS) is 17.9. The van der Waals surface area contributed by atoms with Gasteiger partial charge in [-0.2, -0.15) is 0 Å². The van der Waals surface area contributed by atoms with Crippen molar-refractivity contribution in [1.82, 2.24) is 14.8 Å². The van der Waals surface area contributed by atoms with E-state index in [1.165, 1.54) is 5.69 Å². The van der Waals surface area contributed by atoms with E-state index in [1.54, 1.807) is 0 Å². The molecule has 5 heteroatoms. The van der Waals surface area contributed by atoms with E-state index in [4.69, 9.17) is 5.73 Å². The predicted molar refractivity (Wildman–Crippen MR) is 80.7 cm³/mol. The Bertz CT molecular complexity index is 585. The van der Waals surface area contributed by atoms with Crippen LogP contribution in [-0.2, 0) is 13.0 Å². The lowest BCUT2D eigenvalue weighted by molar-refractivity contribution is 0.391. The van der Waals surface area contributed by atoms with Crippen LogP contribution in [0.25, 0.3) is 11.4 Å². The first-order chi connectivity index (χ1) is 9.69. The van der Waals surface area contributed by atoms with Crippen molar-refractivity contribution in [3.8, 4) is 11.4 Å². The summed E-state index contributed by atoms with van der Waals surface area (Å²) < 4.78 is 2.23. The highest BCUT2D eigenvalue weighted by atomic mass is 15.3. The van der Waals surface area contributed by atoms with Crippen molar-refractivity contribution in [2.75, 3.05) is 25.5 Å². The molecule has 2 aromatic rings. The summed E-state index contributed by atoms with van der Waals surface area (Å²) in [5.74, 6) is 2.59. The van der Waals surface area contributed by atoms with Gasteiger partial charge in [-0.3, -0.25) is 0 Å². The molecular formula is C15H21N5. The molecule has 106 valence electrons. The number of hydrogen-bond donors (Lipinski definition) is 1. The Morgan fingerprint density at radius 1 is 1.25 bits per heavy atom. The monoisotopic (exact) mass is 271 g/mol. The summed E-state index contributed by atoms with van der Waals surface area (Å²) in [6.07, 6.45) is 2.06. The van der Waals surface area contributed by atoms with E-state index in [1.807, 2.05) is 14.1 Å². The van der Waals surface area contributed by atoms with Gasteiger partial charge in [-0.05, 0) is 43.1 Å². The van der Waals surface area contributed by atoms with Crippen LogP contribution < -0.4 is 10.6 Å². The second-order valence-electron chi connectivity index (χ2n) is 5.63. The highest BCUT2D eigenvalue weighted by Crippen LogP contribution is 2.26. The first kappa shape index (κ1) is 13.1.